The third kappa shape index (κ3) is 3.45. The Labute approximate surface area is 128 Å². The molecule has 106 valence electrons. The van der Waals surface area contributed by atoms with E-state index in [0.29, 0.717) is 34.4 Å². The first-order valence-electron chi connectivity index (χ1n) is 5.61. The number of hydrogen-bond donors (Lipinski definition) is 1. The van der Waals surface area contributed by atoms with Crippen LogP contribution in [-0.2, 0) is 0 Å². The molecule has 0 unspecified atom stereocenters. The molecule has 0 bridgehead atoms. The summed E-state index contributed by atoms with van der Waals surface area (Å²) in [6.07, 6.45) is 0.815. The number of likely N-dealkylation sites (tertiary alicyclic amines) is 1. The predicted molar refractivity (Wildman–Crippen MR) is 78.8 cm³/mol. The van der Waals surface area contributed by atoms with Crippen molar-refractivity contribution >= 4 is 41.5 Å². The molecule has 1 amide bonds. The molecule has 1 saturated heterocycles. The normalized spacial score (nSPS) is 18.1. The van der Waals surface area contributed by atoms with E-state index in [9.17, 15) is 4.79 Å². The van der Waals surface area contributed by atoms with E-state index in [0.717, 1.165) is 6.42 Å². The summed E-state index contributed by atoms with van der Waals surface area (Å²) in [6.45, 7) is 1.21. The number of carbonyl (C=O) groups excluding carboxylic acids is 1. The van der Waals surface area contributed by atoms with Gasteiger partial charge in [0.2, 0.25) is 0 Å². The van der Waals surface area contributed by atoms with E-state index < -0.39 is 0 Å². The molecule has 1 aromatic carbocycles. The van der Waals surface area contributed by atoms with Crippen LogP contribution in [0, 0.1) is 0 Å². The number of halogens is 3. The highest BCUT2D eigenvalue weighted by Gasteiger charge is 2.27. The van der Waals surface area contributed by atoms with E-state index in [1.807, 2.05) is 0 Å². The van der Waals surface area contributed by atoms with Crippen LogP contribution in [0.15, 0.2) is 12.1 Å². The number of nitrogens with zero attached hydrogens (tertiary/aromatic N) is 1. The van der Waals surface area contributed by atoms with Crippen molar-refractivity contribution in [1.82, 2.24) is 4.90 Å². The van der Waals surface area contributed by atoms with Gasteiger partial charge >= 0.3 is 0 Å². The Morgan fingerprint density at radius 3 is 2.58 bits per heavy atom. The highest BCUT2D eigenvalue weighted by atomic mass is 35.5. The molecule has 2 N–H and O–H groups in total. The maximum Gasteiger partial charge on any atom is 0.257 e. The summed E-state index contributed by atoms with van der Waals surface area (Å²) in [5, 5.41) is 0.701. The number of benzene rings is 1. The zero-order valence-electron chi connectivity index (χ0n) is 10.4. The maximum atomic E-state index is 12.3. The van der Waals surface area contributed by atoms with Gasteiger partial charge in [-0.1, -0.05) is 23.2 Å². The molecule has 0 spiro atoms. The Morgan fingerprint density at radius 1 is 1.42 bits per heavy atom. The number of nitrogens with two attached hydrogens (primary N) is 1. The Balaban J connectivity index is 0.00000180. The van der Waals surface area contributed by atoms with E-state index in [4.69, 9.17) is 33.7 Å². The summed E-state index contributed by atoms with van der Waals surface area (Å²) in [6, 6.07) is 3.13. The average Bonchev–Trinajstić information content (AvgIpc) is 2.78. The monoisotopic (exact) mass is 324 g/mol. The van der Waals surface area contributed by atoms with Crippen LogP contribution in [0.4, 0.5) is 0 Å². The first-order chi connectivity index (χ1) is 8.52. The molecule has 19 heavy (non-hydrogen) atoms. The van der Waals surface area contributed by atoms with E-state index in [1.54, 1.807) is 11.0 Å². The van der Waals surface area contributed by atoms with Crippen LogP contribution in [0.3, 0.4) is 0 Å². The average molecular weight is 326 g/mol. The molecule has 0 aromatic heterocycles. The lowest BCUT2D eigenvalue weighted by Crippen LogP contribution is -2.32. The molecule has 0 radical (unpaired) electrons. The quantitative estimate of drug-likeness (QED) is 0.909. The Bertz CT molecular complexity index is 482. The highest BCUT2D eigenvalue weighted by Crippen LogP contribution is 2.31. The predicted octanol–water partition coefficient (Wildman–Crippen LogP) is 2.60. The van der Waals surface area contributed by atoms with Gasteiger partial charge in [0.05, 0.1) is 22.7 Å². The van der Waals surface area contributed by atoms with Crippen LogP contribution in [0.25, 0.3) is 0 Å². The molecular formula is C12H15Cl3N2O2. The SMILES string of the molecule is COc1cc(Cl)c(Cl)cc1C(=O)N1CC[C@@H](N)C1.Cl. The van der Waals surface area contributed by atoms with Gasteiger partial charge in [0.25, 0.3) is 5.91 Å². The van der Waals surface area contributed by atoms with E-state index >= 15 is 0 Å². The molecule has 1 aliphatic heterocycles. The van der Waals surface area contributed by atoms with E-state index in [2.05, 4.69) is 0 Å². The molecule has 0 saturated carbocycles. The van der Waals surface area contributed by atoms with Gasteiger partial charge < -0.3 is 15.4 Å². The summed E-state index contributed by atoms with van der Waals surface area (Å²) >= 11 is 11.8. The van der Waals surface area contributed by atoms with Crippen molar-refractivity contribution in [3.63, 3.8) is 0 Å². The number of rotatable bonds is 2. The van der Waals surface area contributed by atoms with Gasteiger partial charge in [-0.2, -0.15) is 0 Å². The highest BCUT2D eigenvalue weighted by molar-refractivity contribution is 6.42. The van der Waals surface area contributed by atoms with Gasteiger partial charge in [-0.15, -0.1) is 12.4 Å². The van der Waals surface area contributed by atoms with E-state index in [-0.39, 0.29) is 24.4 Å². The van der Waals surface area contributed by atoms with Gasteiger partial charge in [0.1, 0.15) is 5.75 Å². The molecule has 1 aliphatic rings. The summed E-state index contributed by atoms with van der Waals surface area (Å²) in [5.74, 6) is 0.299. The maximum absolute atomic E-state index is 12.3. The van der Waals surface area contributed by atoms with Gasteiger partial charge in [0, 0.05) is 25.2 Å². The van der Waals surface area contributed by atoms with Crippen LogP contribution in [0.2, 0.25) is 10.0 Å². The number of methoxy groups -OCH3 is 1. The van der Waals surface area contributed by atoms with Crippen molar-refractivity contribution in [3.05, 3.63) is 27.7 Å². The second-order valence-electron chi connectivity index (χ2n) is 4.27. The van der Waals surface area contributed by atoms with Crippen molar-refractivity contribution in [2.24, 2.45) is 5.73 Å². The van der Waals surface area contributed by atoms with Crippen LogP contribution >= 0.6 is 35.6 Å². The van der Waals surface area contributed by atoms with E-state index in [1.165, 1.54) is 13.2 Å². The molecule has 1 heterocycles. The summed E-state index contributed by atoms with van der Waals surface area (Å²) in [5.41, 5.74) is 6.21. The molecule has 1 atom stereocenters. The second kappa shape index (κ2) is 6.66. The number of amides is 1. The van der Waals surface area contributed by atoms with Crippen molar-refractivity contribution in [2.45, 2.75) is 12.5 Å². The lowest BCUT2D eigenvalue weighted by molar-refractivity contribution is 0.0787. The first-order valence-corrected chi connectivity index (χ1v) is 6.36. The smallest absolute Gasteiger partial charge is 0.257 e. The number of hydrogen-bond acceptors (Lipinski definition) is 3. The summed E-state index contributed by atoms with van der Waals surface area (Å²) in [7, 11) is 1.49. The van der Waals surface area contributed by atoms with Gasteiger partial charge in [-0.25, -0.2) is 0 Å². The molecular weight excluding hydrogens is 311 g/mol. The minimum Gasteiger partial charge on any atom is -0.496 e. The first kappa shape index (κ1) is 16.4. The zero-order chi connectivity index (χ0) is 13.3. The fourth-order valence-corrected chi connectivity index (χ4v) is 2.32. The molecule has 0 aliphatic carbocycles. The standard InChI is InChI=1S/C12H14Cl2N2O2.ClH/c1-18-11-5-10(14)9(13)4-8(11)12(17)16-3-2-7(15)6-16;/h4-5,7H,2-3,6,15H2,1H3;1H/t7-;/m1./s1. The fraction of sp³-hybridized carbons (Fsp3) is 0.417. The van der Waals surface area contributed by atoms with Crippen LogP contribution in [0.5, 0.6) is 5.75 Å². The molecule has 7 heteroatoms. The second-order valence-corrected chi connectivity index (χ2v) is 5.08. The lowest BCUT2D eigenvalue weighted by Gasteiger charge is -2.18. The fourth-order valence-electron chi connectivity index (χ4n) is 2.01. The van der Waals surface area contributed by atoms with Gasteiger partial charge in [-0.05, 0) is 12.5 Å². The van der Waals surface area contributed by atoms with Gasteiger partial charge in [0.15, 0.2) is 0 Å². The number of carbonyl (C=O) groups is 1. The topological polar surface area (TPSA) is 55.6 Å². The molecule has 1 fully saturated rings. The van der Waals surface area contributed by atoms with Crippen molar-refractivity contribution in [1.29, 1.82) is 0 Å². The minimum absolute atomic E-state index is 0. The van der Waals surface area contributed by atoms with Crippen molar-refractivity contribution in [3.8, 4) is 5.75 Å². The molecule has 1 aromatic rings. The Morgan fingerprint density at radius 2 is 2.05 bits per heavy atom. The molecule has 4 nitrogen and oxygen atoms in total. The van der Waals surface area contributed by atoms with Crippen molar-refractivity contribution in [2.75, 3.05) is 20.2 Å². The van der Waals surface area contributed by atoms with Crippen LogP contribution < -0.4 is 10.5 Å². The van der Waals surface area contributed by atoms with Gasteiger partial charge in [-0.3, -0.25) is 4.79 Å². The Kier molecular flexibility index (Phi) is 5.74. The zero-order valence-corrected chi connectivity index (χ0v) is 12.7. The number of ether oxygens (including phenoxy) is 1. The lowest BCUT2D eigenvalue weighted by atomic mass is 10.1. The van der Waals surface area contributed by atoms with Crippen molar-refractivity contribution < 1.29 is 9.53 Å². The largest absolute Gasteiger partial charge is 0.496 e. The minimum atomic E-state index is -0.127. The van der Waals surface area contributed by atoms with Crippen LogP contribution in [0.1, 0.15) is 16.8 Å². The van der Waals surface area contributed by atoms with Crippen LogP contribution in [-0.4, -0.2) is 37.0 Å². The third-order valence-corrected chi connectivity index (χ3v) is 3.71. The third-order valence-electron chi connectivity index (χ3n) is 2.98. The Hall–Kier alpha value is -0.680. The summed E-state index contributed by atoms with van der Waals surface area (Å²) < 4.78 is 5.17. The summed E-state index contributed by atoms with van der Waals surface area (Å²) in [4.78, 5) is 14.0. The molecule has 2 rings (SSSR count).